The molecule has 25 heavy (non-hydrogen) atoms. The van der Waals surface area contributed by atoms with Crippen molar-refractivity contribution in [1.82, 2.24) is 19.7 Å². The van der Waals surface area contributed by atoms with Gasteiger partial charge in [0.15, 0.2) is 0 Å². The molecule has 0 bridgehead atoms. The summed E-state index contributed by atoms with van der Waals surface area (Å²) in [6.45, 7) is 5.62. The fourth-order valence-electron chi connectivity index (χ4n) is 2.32. The molecule has 0 unspecified atom stereocenters. The molecule has 2 heterocycles. The van der Waals surface area contributed by atoms with Crippen LogP contribution in [-0.4, -0.2) is 20.2 Å². The van der Waals surface area contributed by atoms with Gasteiger partial charge in [-0.25, -0.2) is 9.97 Å². The summed E-state index contributed by atoms with van der Waals surface area (Å²) in [6, 6.07) is 12.7. The molecule has 5 nitrogen and oxygen atoms in total. The molecule has 0 aliphatic heterocycles. The van der Waals surface area contributed by atoms with E-state index in [1.807, 2.05) is 45.0 Å². The molecule has 0 radical (unpaired) electrons. The van der Waals surface area contributed by atoms with E-state index in [0.717, 1.165) is 10.6 Å². The number of pyridine rings is 1. The first-order valence-electron chi connectivity index (χ1n) is 7.71. The van der Waals surface area contributed by atoms with E-state index in [2.05, 4.69) is 19.7 Å². The number of carbonyl (C=O) groups is 1. The number of hydrogen-bond acceptors (Lipinski definition) is 5. The van der Waals surface area contributed by atoms with Gasteiger partial charge in [-0.05, 0) is 56.6 Å². The number of hydrogen-bond donors (Lipinski definition) is 1. The second kappa shape index (κ2) is 6.90. The molecule has 0 atom stereocenters. The molecule has 0 spiro atoms. The van der Waals surface area contributed by atoms with Crippen LogP contribution in [0.1, 0.15) is 35.2 Å². The van der Waals surface area contributed by atoms with Crippen LogP contribution < -0.4 is 5.32 Å². The smallest absolute Gasteiger partial charge is 0.270 e. The van der Waals surface area contributed by atoms with E-state index in [1.54, 1.807) is 18.2 Å². The van der Waals surface area contributed by atoms with Crippen LogP contribution in [0.25, 0.3) is 11.3 Å². The largest absolute Gasteiger partial charge is 0.339 e. The second-order valence-electron chi connectivity index (χ2n) is 6.14. The van der Waals surface area contributed by atoms with Crippen molar-refractivity contribution < 1.29 is 4.79 Å². The molecule has 3 aromatic rings. The standard InChI is InChI=1S/C18H17ClN4OS/c1-11-20-17(25-23-11)18(2,3)22-16(24)15-9-5-8-14(21-15)12-6-4-7-13(19)10-12/h4-10H,1-3H3,(H,22,24). The van der Waals surface area contributed by atoms with Crippen molar-refractivity contribution in [1.29, 1.82) is 0 Å². The molecular formula is C18H17ClN4OS. The van der Waals surface area contributed by atoms with Gasteiger partial charge in [0.25, 0.3) is 5.91 Å². The van der Waals surface area contributed by atoms with Gasteiger partial charge < -0.3 is 5.32 Å². The first-order chi connectivity index (χ1) is 11.8. The zero-order valence-corrected chi connectivity index (χ0v) is 15.6. The summed E-state index contributed by atoms with van der Waals surface area (Å²) >= 11 is 7.32. The van der Waals surface area contributed by atoms with E-state index in [0.29, 0.717) is 22.2 Å². The maximum Gasteiger partial charge on any atom is 0.270 e. The molecule has 1 amide bonds. The van der Waals surface area contributed by atoms with Gasteiger partial charge in [0.05, 0.1) is 11.2 Å². The molecule has 2 aromatic heterocycles. The van der Waals surface area contributed by atoms with Crippen LogP contribution in [0.4, 0.5) is 0 Å². The Morgan fingerprint density at radius 2 is 1.92 bits per heavy atom. The fraction of sp³-hybridized carbons (Fsp3) is 0.222. The number of rotatable bonds is 4. The normalized spacial score (nSPS) is 11.4. The number of nitrogens with zero attached hydrogens (tertiary/aromatic N) is 3. The highest BCUT2D eigenvalue weighted by Gasteiger charge is 2.27. The average molecular weight is 373 g/mol. The lowest BCUT2D eigenvalue weighted by Gasteiger charge is -2.23. The van der Waals surface area contributed by atoms with E-state index >= 15 is 0 Å². The van der Waals surface area contributed by atoms with Crippen molar-refractivity contribution in [3.8, 4) is 11.3 Å². The highest BCUT2D eigenvalue weighted by Crippen LogP contribution is 2.23. The molecule has 0 saturated heterocycles. The Labute approximate surface area is 155 Å². The molecule has 0 aliphatic rings. The molecule has 0 aliphatic carbocycles. The van der Waals surface area contributed by atoms with Crippen molar-refractivity contribution in [2.24, 2.45) is 0 Å². The van der Waals surface area contributed by atoms with Crippen LogP contribution in [0.2, 0.25) is 5.02 Å². The van der Waals surface area contributed by atoms with Crippen LogP contribution in [0, 0.1) is 6.92 Å². The second-order valence-corrected chi connectivity index (χ2v) is 7.33. The molecule has 3 rings (SSSR count). The Morgan fingerprint density at radius 3 is 2.60 bits per heavy atom. The van der Waals surface area contributed by atoms with Gasteiger partial charge in [0, 0.05) is 10.6 Å². The van der Waals surface area contributed by atoms with E-state index in [4.69, 9.17) is 11.6 Å². The van der Waals surface area contributed by atoms with Gasteiger partial charge in [-0.15, -0.1) is 0 Å². The topological polar surface area (TPSA) is 67.8 Å². The van der Waals surface area contributed by atoms with E-state index in [9.17, 15) is 4.79 Å². The zero-order valence-electron chi connectivity index (χ0n) is 14.1. The Balaban J connectivity index is 1.84. The van der Waals surface area contributed by atoms with Crippen LogP contribution in [0.5, 0.6) is 0 Å². The summed E-state index contributed by atoms with van der Waals surface area (Å²) in [5.74, 6) is 0.435. The van der Waals surface area contributed by atoms with Gasteiger partial charge in [-0.1, -0.05) is 29.8 Å². The van der Waals surface area contributed by atoms with Crippen molar-refractivity contribution in [3.05, 3.63) is 64.0 Å². The lowest BCUT2D eigenvalue weighted by atomic mass is 10.1. The first-order valence-corrected chi connectivity index (χ1v) is 8.86. The average Bonchev–Trinajstić information content (AvgIpc) is 3.02. The first kappa shape index (κ1) is 17.5. The van der Waals surface area contributed by atoms with Crippen molar-refractivity contribution in [3.63, 3.8) is 0 Å². The summed E-state index contributed by atoms with van der Waals surface area (Å²) in [7, 11) is 0. The highest BCUT2D eigenvalue weighted by atomic mass is 35.5. The highest BCUT2D eigenvalue weighted by molar-refractivity contribution is 7.05. The van der Waals surface area contributed by atoms with Crippen molar-refractivity contribution >= 4 is 29.0 Å². The summed E-state index contributed by atoms with van der Waals surface area (Å²) in [5, 5.41) is 4.35. The van der Waals surface area contributed by atoms with Crippen molar-refractivity contribution in [2.45, 2.75) is 26.3 Å². The minimum Gasteiger partial charge on any atom is -0.339 e. The van der Waals surface area contributed by atoms with E-state index in [1.165, 1.54) is 11.5 Å². The number of amides is 1. The third-order valence-corrected chi connectivity index (χ3v) is 4.96. The number of halogens is 1. The Bertz CT molecular complexity index is 923. The van der Waals surface area contributed by atoms with Gasteiger partial charge in [-0.2, -0.15) is 4.37 Å². The number of carbonyl (C=O) groups excluding carboxylic acids is 1. The van der Waals surface area contributed by atoms with Crippen LogP contribution in [-0.2, 0) is 5.54 Å². The summed E-state index contributed by atoms with van der Waals surface area (Å²) in [5.41, 5.74) is 1.27. The summed E-state index contributed by atoms with van der Waals surface area (Å²) in [6.07, 6.45) is 0. The maximum absolute atomic E-state index is 12.6. The third-order valence-electron chi connectivity index (χ3n) is 3.59. The van der Waals surface area contributed by atoms with Gasteiger partial charge in [0.2, 0.25) is 0 Å². The summed E-state index contributed by atoms with van der Waals surface area (Å²) < 4.78 is 4.18. The molecule has 0 saturated carbocycles. The molecule has 128 valence electrons. The Hall–Kier alpha value is -2.31. The predicted molar refractivity (Wildman–Crippen MR) is 99.8 cm³/mol. The van der Waals surface area contributed by atoms with E-state index < -0.39 is 5.54 Å². The number of aromatic nitrogens is 3. The maximum atomic E-state index is 12.6. The molecule has 7 heteroatoms. The van der Waals surface area contributed by atoms with Crippen LogP contribution in [0.15, 0.2) is 42.5 Å². The Morgan fingerprint density at radius 1 is 1.16 bits per heavy atom. The minimum atomic E-state index is -0.628. The molecule has 1 aromatic carbocycles. The van der Waals surface area contributed by atoms with Crippen molar-refractivity contribution in [2.75, 3.05) is 0 Å². The number of aryl methyl sites for hydroxylation is 1. The van der Waals surface area contributed by atoms with E-state index in [-0.39, 0.29) is 5.91 Å². The fourth-order valence-corrected chi connectivity index (χ4v) is 3.22. The molecular weight excluding hydrogens is 356 g/mol. The lowest BCUT2D eigenvalue weighted by molar-refractivity contribution is 0.0907. The van der Waals surface area contributed by atoms with Gasteiger partial charge in [-0.3, -0.25) is 4.79 Å². The Kier molecular flexibility index (Phi) is 4.83. The van der Waals surface area contributed by atoms with Crippen LogP contribution in [0.3, 0.4) is 0 Å². The minimum absolute atomic E-state index is 0.262. The molecule has 0 fully saturated rings. The third kappa shape index (κ3) is 4.03. The SMILES string of the molecule is Cc1nsc(C(C)(C)NC(=O)c2cccc(-c3cccc(Cl)c3)n2)n1. The number of nitrogens with one attached hydrogen (secondary N) is 1. The zero-order chi connectivity index (χ0) is 18.0. The predicted octanol–water partition coefficient (Wildman–Crippen LogP) is 4.23. The number of benzene rings is 1. The van der Waals surface area contributed by atoms with Gasteiger partial charge >= 0.3 is 0 Å². The quantitative estimate of drug-likeness (QED) is 0.744. The summed E-state index contributed by atoms with van der Waals surface area (Å²) in [4.78, 5) is 21.5. The monoisotopic (exact) mass is 372 g/mol. The lowest BCUT2D eigenvalue weighted by Crippen LogP contribution is -2.41. The van der Waals surface area contributed by atoms with Gasteiger partial charge in [0.1, 0.15) is 16.5 Å². The molecule has 1 N–H and O–H groups in total. The van der Waals surface area contributed by atoms with Crippen LogP contribution >= 0.6 is 23.1 Å².